The van der Waals surface area contributed by atoms with E-state index < -0.39 is 0 Å². The Morgan fingerprint density at radius 3 is 1.43 bits per heavy atom. The summed E-state index contributed by atoms with van der Waals surface area (Å²) in [6.45, 7) is 24.4. The Morgan fingerprint density at radius 1 is 0.325 bits per heavy atom. The first-order valence-corrected chi connectivity index (χ1v) is 27.4. The molecule has 0 saturated carbocycles. The number of hydrogen-bond acceptors (Lipinski definition) is 3. The normalized spacial score (nSPS) is 13.4. The Bertz CT molecular complexity index is 4400. The van der Waals surface area contributed by atoms with Crippen molar-refractivity contribution in [3.05, 3.63) is 219 Å². The molecule has 0 bridgehead atoms. The lowest BCUT2D eigenvalue weighted by Crippen LogP contribution is -2.64. The van der Waals surface area contributed by atoms with Gasteiger partial charge in [-0.1, -0.05) is 118 Å². The smallest absolute Gasteiger partial charge is 0.256 e. The number of fused-ring (bicyclic) bond motifs is 11. The first kappa shape index (κ1) is 45.9. The van der Waals surface area contributed by atoms with Crippen LogP contribution in [0.1, 0.15) is 61.2 Å². The molecule has 0 aliphatic carbocycles. The first-order chi connectivity index (χ1) is 37.2. The van der Waals surface area contributed by atoms with E-state index in [0.717, 1.165) is 28.6 Å². The Labute approximate surface area is 453 Å². The van der Waals surface area contributed by atoms with Gasteiger partial charge in [0.25, 0.3) is 13.4 Å². The number of benzene rings is 10. The van der Waals surface area contributed by atoms with E-state index in [9.17, 15) is 0 Å². The minimum absolute atomic E-state index is 0.0841. The minimum Gasteiger partial charge on any atom is -0.458 e. The lowest BCUT2D eigenvalue weighted by Gasteiger charge is -2.45. The molecule has 10 aromatic carbocycles. The zero-order valence-corrected chi connectivity index (χ0v) is 45.9. The summed E-state index contributed by atoms with van der Waals surface area (Å²) >= 11 is 0. The molecule has 4 aliphatic rings. The molecule has 15 rings (SSSR count). The summed E-state index contributed by atoms with van der Waals surface area (Å²) < 4.78 is 10.2. The molecule has 4 nitrogen and oxygen atoms in total. The van der Waals surface area contributed by atoms with Gasteiger partial charge >= 0.3 is 0 Å². The molecular formula is C71H59B2N3O. The van der Waals surface area contributed by atoms with Crippen molar-refractivity contribution in [2.75, 3.05) is 9.80 Å². The van der Waals surface area contributed by atoms with E-state index in [4.69, 9.17) is 4.74 Å². The fraction of sp³-hybridized carbons (Fsp3) is 0.155. The van der Waals surface area contributed by atoms with Crippen LogP contribution in [0.3, 0.4) is 0 Å². The Kier molecular flexibility index (Phi) is 9.70. The van der Waals surface area contributed by atoms with Gasteiger partial charge < -0.3 is 19.1 Å². The highest BCUT2D eigenvalue weighted by atomic mass is 16.5. The maximum absolute atomic E-state index is 7.66. The summed E-state index contributed by atoms with van der Waals surface area (Å²) in [4.78, 5) is 5.11. The van der Waals surface area contributed by atoms with Gasteiger partial charge in [-0.3, -0.25) is 0 Å². The topological polar surface area (TPSA) is 20.6 Å². The molecule has 5 heterocycles. The van der Waals surface area contributed by atoms with Crippen molar-refractivity contribution >= 4 is 102 Å². The van der Waals surface area contributed by atoms with Gasteiger partial charge in [-0.05, 0) is 226 Å². The van der Waals surface area contributed by atoms with Crippen LogP contribution in [-0.4, -0.2) is 18.0 Å². The fourth-order valence-electron chi connectivity index (χ4n) is 14.7. The monoisotopic (exact) mass is 991 g/mol. The van der Waals surface area contributed by atoms with Gasteiger partial charge in [0.1, 0.15) is 11.5 Å². The molecule has 1 aromatic heterocycles. The first-order valence-electron chi connectivity index (χ1n) is 27.4. The molecule has 0 unspecified atom stereocenters. The summed E-state index contributed by atoms with van der Waals surface area (Å²) in [6, 6.07) is 61.4. The van der Waals surface area contributed by atoms with Crippen LogP contribution >= 0.6 is 0 Å². The third kappa shape index (κ3) is 6.61. The molecule has 6 heteroatoms. The van der Waals surface area contributed by atoms with Gasteiger partial charge in [0.15, 0.2) is 0 Å². The Hall–Kier alpha value is -8.47. The highest BCUT2D eigenvalue weighted by Gasteiger charge is 2.47. The fourth-order valence-corrected chi connectivity index (χ4v) is 14.7. The lowest BCUT2D eigenvalue weighted by molar-refractivity contribution is 0.487. The second kappa shape index (κ2) is 16.3. The summed E-state index contributed by atoms with van der Waals surface area (Å²) in [5.74, 6) is 1.82. The largest absolute Gasteiger partial charge is 0.458 e. The van der Waals surface area contributed by atoms with E-state index in [1.165, 1.54) is 161 Å². The van der Waals surface area contributed by atoms with Crippen LogP contribution in [0, 0.1) is 76.2 Å². The summed E-state index contributed by atoms with van der Waals surface area (Å²) in [5.41, 5.74) is 37.2. The second-order valence-corrected chi connectivity index (χ2v) is 23.3. The molecule has 0 radical (unpaired) electrons. The zero-order chi connectivity index (χ0) is 52.6. The van der Waals surface area contributed by atoms with Gasteiger partial charge in [-0.2, -0.15) is 0 Å². The number of aryl methyl sites for hydroxylation is 11. The predicted molar refractivity (Wildman–Crippen MR) is 329 cm³/mol. The standard InChI is InChI=1S/C71H59B2N3O/c1-38-12-18-51(19-13-38)74-60-23-17-41(4)30-55(60)72-56-36-57-65(37-61(56)75(52-20-14-39(2)15-21-52)63-33-49(32-62(74)69(63)72)67-45(8)24-42(5)25-46(67)9)77-66-35-50(68-47(10)26-43(6)27-48(68)11)34-64-70(66)73(57)58-31-44(7)29-54-53-28-40(3)16-22-59(53)76(64)71(54)58/h12-37H,1-11H3. The highest BCUT2D eigenvalue weighted by molar-refractivity contribution is 7.02. The van der Waals surface area contributed by atoms with Crippen molar-refractivity contribution in [3.8, 4) is 39.4 Å². The van der Waals surface area contributed by atoms with E-state index in [1.807, 2.05) is 0 Å². The molecule has 0 N–H and O–H groups in total. The predicted octanol–water partition coefficient (Wildman–Crippen LogP) is 14.5. The molecule has 0 atom stereocenters. The van der Waals surface area contributed by atoms with Crippen LogP contribution in [0.4, 0.5) is 34.1 Å². The van der Waals surface area contributed by atoms with Crippen LogP contribution in [0.25, 0.3) is 49.7 Å². The lowest BCUT2D eigenvalue weighted by atomic mass is 9.30. The molecule has 0 spiro atoms. The minimum atomic E-state index is -0.0863. The molecule has 370 valence electrons. The average Bonchev–Trinajstić information content (AvgIpc) is 3.93. The van der Waals surface area contributed by atoms with Gasteiger partial charge in [0.2, 0.25) is 0 Å². The van der Waals surface area contributed by atoms with E-state index >= 15 is 0 Å². The third-order valence-electron chi connectivity index (χ3n) is 17.6. The zero-order valence-electron chi connectivity index (χ0n) is 45.9. The summed E-state index contributed by atoms with van der Waals surface area (Å²) in [6.07, 6.45) is 0. The maximum atomic E-state index is 7.66. The van der Waals surface area contributed by atoms with Crippen molar-refractivity contribution in [3.63, 3.8) is 0 Å². The highest BCUT2D eigenvalue weighted by Crippen LogP contribution is 2.49. The number of nitrogens with zero attached hydrogens (tertiary/aromatic N) is 3. The van der Waals surface area contributed by atoms with E-state index in [2.05, 4.69) is 248 Å². The van der Waals surface area contributed by atoms with E-state index in [-0.39, 0.29) is 13.4 Å². The third-order valence-corrected chi connectivity index (χ3v) is 17.6. The average molecular weight is 992 g/mol. The molecule has 0 fully saturated rings. The Balaban J connectivity index is 1.07. The number of rotatable bonds is 4. The second-order valence-electron chi connectivity index (χ2n) is 23.3. The van der Waals surface area contributed by atoms with E-state index in [1.54, 1.807) is 0 Å². The van der Waals surface area contributed by atoms with Crippen LogP contribution in [0.2, 0.25) is 0 Å². The van der Waals surface area contributed by atoms with Gasteiger partial charge in [-0.25, -0.2) is 0 Å². The number of aromatic nitrogens is 1. The summed E-state index contributed by atoms with van der Waals surface area (Å²) in [5, 5.41) is 2.59. The number of anilines is 6. The van der Waals surface area contributed by atoms with Gasteiger partial charge in [0, 0.05) is 62.2 Å². The van der Waals surface area contributed by atoms with Gasteiger partial charge in [-0.15, -0.1) is 0 Å². The van der Waals surface area contributed by atoms with Gasteiger partial charge in [0.05, 0.1) is 5.52 Å². The van der Waals surface area contributed by atoms with Crippen molar-refractivity contribution < 1.29 is 4.74 Å². The van der Waals surface area contributed by atoms with Crippen molar-refractivity contribution in [1.29, 1.82) is 0 Å². The molecule has 11 aromatic rings. The molecule has 77 heavy (non-hydrogen) atoms. The van der Waals surface area contributed by atoms with Crippen LogP contribution in [0.15, 0.2) is 158 Å². The molecule has 0 saturated heterocycles. The molecular weight excluding hydrogens is 932 g/mol. The SMILES string of the molecule is Cc1ccc(N2c3ccc(C)cc3B3c4cc5c(cc4N(c4ccc(C)cc4)c4cc(-c6c(C)cc(C)cc6C)cc2c43)Oc2cc(-c3c(C)cc(C)cc3C)cc3c2B5c2cc(C)cc4c5cc(C)ccc5n-3c24)cc1. The van der Waals surface area contributed by atoms with Crippen molar-refractivity contribution in [2.24, 2.45) is 0 Å². The van der Waals surface area contributed by atoms with Crippen LogP contribution in [-0.2, 0) is 0 Å². The van der Waals surface area contributed by atoms with Crippen molar-refractivity contribution in [2.45, 2.75) is 76.2 Å². The number of hydrogen-bond donors (Lipinski definition) is 0. The van der Waals surface area contributed by atoms with Crippen LogP contribution < -0.4 is 47.3 Å². The van der Waals surface area contributed by atoms with E-state index in [0.29, 0.717) is 0 Å². The molecule has 4 aliphatic heterocycles. The quantitative estimate of drug-likeness (QED) is 0.164. The van der Waals surface area contributed by atoms with Crippen molar-refractivity contribution in [1.82, 2.24) is 4.57 Å². The van der Waals surface area contributed by atoms with Crippen LogP contribution in [0.5, 0.6) is 11.5 Å². The number of ether oxygens (including phenoxy) is 1. The summed E-state index contributed by atoms with van der Waals surface area (Å²) in [7, 11) is 0. The maximum Gasteiger partial charge on any atom is 0.256 e. The Morgan fingerprint density at radius 2 is 0.805 bits per heavy atom. The molecule has 0 amide bonds.